The number of hydrogen-bond acceptors (Lipinski definition) is 5. The zero-order valence-corrected chi connectivity index (χ0v) is 16.6. The summed E-state index contributed by atoms with van der Waals surface area (Å²) in [6.45, 7) is 2.72. The van der Waals surface area contributed by atoms with E-state index in [-0.39, 0.29) is 24.3 Å². The first-order valence-corrected chi connectivity index (χ1v) is 9.32. The van der Waals surface area contributed by atoms with Crippen molar-refractivity contribution in [2.24, 2.45) is 0 Å². The van der Waals surface area contributed by atoms with Crippen molar-refractivity contribution in [3.05, 3.63) is 54.1 Å². The van der Waals surface area contributed by atoms with Gasteiger partial charge in [-0.1, -0.05) is 13.0 Å². The topological polar surface area (TPSA) is 109 Å². The molecule has 29 heavy (non-hydrogen) atoms. The molecule has 0 atom stereocenters. The largest absolute Gasteiger partial charge is 0.383 e. The second-order valence-corrected chi connectivity index (χ2v) is 6.21. The van der Waals surface area contributed by atoms with Crippen LogP contribution in [0.25, 0.3) is 0 Å². The second kappa shape index (κ2) is 11.5. The molecule has 0 fully saturated rings. The molecule has 4 N–H and O–H groups in total. The summed E-state index contributed by atoms with van der Waals surface area (Å²) < 4.78 is 4.89. The summed E-state index contributed by atoms with van der Waals surface area (Å²) in [5, 5.41) is 11.3. The molecule has 0 aromatic heterocycles. The summed E-state index contributed by atoms with van der Waals surface area (Å²) >= 11 is 0. The first-order chi connectivity index (χ1) is 14.0. The number of benzene rings is 2. The Morgan fingerprint density at radius 2 is 1.59 bits per heavy atom. The molecule has 0 spiro atoms. The molecule has 0 aliphatic heterocycles. The van der Waals surface area contributed by atoms with Crippen LogP contribution in [0.3, 0.4) is 0 Å². The minimum atomic E-state index is -0.231. The maximum Gasteiger partial charge on any atom is 0.251 e. The lowest BCUT2D eigenvalue weighted by molar-refractivity contribution is -0.116. The highest BCUT2D eigenvalue weighted by Gasteiger charge is 2.07. The lowest BCUT2D eigenvalue weighted by Gasteiger charge is -2.10. The van der Waals surface area contributed by atoms with Crippen LogP contribution >= 0.6 is 0 Å². The minimum absolute atomic E-state index is 0.0600. The van der Waals surface area contributed by atoms with E-state index >= 15 is 0 Å². The van der Waals surface area contributed by atoms with Gasteiger partial charge in [0.1, 0.15) is 0 Å². The molecule has 2 aromatic rings. The van der Waals surface area contributed by atoms with E-state index in [1.807, 2.05) is 6.07 Å². The molecule has 0 heterocycles. The Morgan fingerprint density at radius 1 is 0.897 bits per heavy atom. The van der Waals surface area contributed by atoms with Crippen LogP contribution in [0, 0.1) is 0 Å². The molecule has 3 amide bonds. The fourth-order valence-corrected chi connectivity index (χ4v) is 2.42. The maximum atomic E-state index is 12.2. The summed E-state index contributed by atoms with van der Waals surface area (Å²) in [6, 6.07) is 13.8. The third-order valence-corrected chi connectivity index (χ3v) is 3.94. The average Bonchev–Trinajstić information content (AvgIpc) is 2.73. The van der Waals surface area contributed by atoms with Crippen LogP contribution < -0.4 is 21.3 Å². The van der Waals surface area contributed by atoms with E-state index in [2.05, 4.69) is 21.3 Å². The van der Waals surface area contributed by atoms with Crippen molar-refractivity contribution in [3.63, 3.8) is 0 Å². The molecule has 154 valence electrons. The molecule has 0 bridgehead atoms. The molecule has 8 nitrogen and oxygen atoms in total. The van der Waals surface area contributed by atoms with Crippen LogP contribution in [-0.4, -0.2) is 44.5 Å². The summed E-state index contributed by atoms with van der Waals surface area (Å²) in [6.07, 6.45) is 0.396. The molecule has 0 aliphatic carbocycles. The van der Waals surface area contributed by atoms with Crippen LogP contribution in [0.5, 0.6) is 0 Å². The third kappa shape index (κ3) is 7.63. The van der Waals surface area contributed by atoms with E-state index in [1.165, 1.54) is 0 Å². The number of hydrogen-bond donors (Lipinski definition) is 4. The quantitative estimate of drug-likeness (QED) is 0.460. The SMILES string of the molecule is CCC(=O)Nc1cccc(NCC(=O)Nc2ccc(C(=O)NCCOC)cc2)c1. The van der Waals surface area contributed by atoms with Gasteiger partial charge < -0.3 is 26.0 Å². The number of carbonyl (C=O) groups is 3. The van der Waals surface area contributed by atoms with Gasteiger partial charge in [0.25, 0.3) is 5.91 Å². The lowest BCUT2D eigenvalue weighted by Crippen LogP contribution is -2.27. The van der Waals surface area contributed by atoms with E-state index in [0.29, 0.717) is 36.5 Å². The first kappa shape index (κ1) is 21.9. The minimum Gasteiger partial charge on any atom is -0.383 e. The monoisotopic (exact) mass is 398 g/mol. The summed E-state index contributed by atoms with van der Waals surface area (Å²) in [5.74, 6) is -0.502. The molecule has 0 radical (unpaired) electrons. The Balaban J connectivity index is 1.82. The van der Waals surface area contributed by atoms with Crippen molar-refractivity contribution in [3.8, 4) is 0 Å². The van der Waals surface area contributed by atoms with Crippen molar-refractivity contribution in [1.29, 1.82) is 0 Å². The molecule has 8 heteroatoms. The molecular formula is C21H26N4O4. The van der Waals surface area contributed by atoms with Gasteiger partial charge >= 0.3 is 0 Å². The van der Waals surface area contributed by atoms with Crippen molar-refractivity contribution < 1.29 is 19.1 Å². The third-order valence-electron chi connectivity index (χ3n) is 3.94. The number of ether oxygens (including phenoxy) is 1. The van der Waals surface area contributed by atoms with Gasteiger partial charge in [0.2, 0.25) is 11.8 Å². The van der Waals surface area contributed by atoms with E-state index < -0.39 is 0 Å². The number of amides is 3. The highest BCUT2D eigenvalue weighted by molar-refractivity contribution is 5.97. The van der Waals surface area contributed by atoms with Crippen molar-refractivity contribution in [2.45, 2.75) is 13.3 Å². The van der Waals surface area contributed by atoms with E-state index in [0.717, 1.165) is 5.69 Å². The highest BCUT2D eigenvalue weighted by atomic mass is 16.5. The van der Waals surface area contributed by atoms with Crippen LogP contribution in [0.2, 0.25) is 0 Å². The second-order valence-electron chi connectivity index (χ2n) is 6.21. The predicted molar refractivity (Wildman–Crippen MR) is 113 cm³/mol. The lowest BCUT2D eigenvalue weighted by atomic mass is 10.2. The van der Waals surface area contributed by atoms with Crippen molar-refractivity contribution >= 4 is 34.8 Å². The summed E-state index contributed by atoms with van der Waals surface area (Å²) in [4.78, 5) is 35.6. The Hall–Kier alpha value is -3.39. The Bertz CT molecular complexity index is 837. The smallest absolute Gasteiger partial charge is 0.251 e. The Labute approximate surface area is 170 Å². The number of nitrogens with one attached hydrogen (secondary N) is 4. The van der Waals surface area contributed by atoms with Crippen molar-refractivity contribution in [2.75, 3.05) is 42.8 Å². The number of rotatable bonds is 10. The molecule has 0 unspecified atom stereocenters. The van der Waals surface area contributed by atoms with Gasteiger partial charge in [-0.05, 0) is 42.5 Å². The average molecular weight is 398 g/mol. The van der Waals surface area contributed by atoms with Crippen LogP contribution in [0.15, 0.2) is 48.5 Å². The zero-order chi connectivity index (χ0) is 21.1. The van der Waals surface area contributed by atoms with Gasteiger partial charge in [-0.3, -0.25) is 14.4 Å². The van der Waals surface area contributed by atoms with Gasteiger partial charge in [-0.25, -0.2) is 0 Å². The Morgan fingerprint density at radius 3 is 2.28 bits per heavy atom. The normalized spacial score (nSPS) is 10.1. The predicted octanol–water partition coefficient (Wildman–Crippen LogP) is 2.46. The molecule has 2 aromatic carbocycles. The van der Waals surface area contributed by atoms with Crippen molar-refractivity contribution in [1.82, 2.24) is 5.32 Å². The highest BCUT2D eigenvalue weighted by Crippen LogP contribution is 2.15. The van der Waals surface area contributed by atoms with E-state index in [4.69, 9.17) is 4.74 Å². The van der Waals surface area contributed by atoms with Crippen LogP contribution in [0.1, 0.15) is 23.7 Å². The van der Waals surface area contributed by atoms with E-state index in [9.17, 15) is 14.4 Å². The maximum absolute atomic E-state index is 12.2. The zero-order valence-electron chi connectivity index (χ0n) is 16.6. The molecular weight excluding hydrogens is 372 g/mol. The summed E-state index contributed by atoms with van der Waals surface area (Å²) in [7, 11) is 1.57. The number of anilines is 3. The first-order valence-electron chi connectivity index (χ1n) is 9.32. The van der Waals surface area contributed by atoms with Gasteiger partial charge in [-0.15, -0.1) is 0 Å². The molecule has 2 rings (SSSR count). The Kier molecular flexibility index (Phi) is 8.65. The van der Waals surface area contributed by atoms with Crippen LogP contribution in [0.4, 0.5) is 17.1 Å². The number of methoxy groups -OCH3 is 1. The molecule has 0 aliphatic rings. The standard InChI is InChI=1S/C21H26N4O4/c1-3-19(26)25-18-6-4-5-17(13-18)23-14-20(27)24-16-9-7-15(8-10-16)21(28)22-11-12-29-2/h4-10,13,23H,3,11-12,14H2,1-2H3,(H,22,28)(H,24,27)(H,25,26). The van der Waals surface area contributed by atoms with Gasteiger partial charge in [0, 0.05) is 42.7 Å². The van der Waals surface area contributed by atoms with E-state index in [1.54, 1.807) is 56.5 Å². The van der Waals surface area contributed by atoms with Gasteiger partial charge in [0.15, 0.2) is 0 Å². The molecule has 0 saturated heterocycles. The fraction of sp³-hybridized carbons (Fsp3) is 0.286. The molecule has 0 saturated carbocycles. The fourth-order valence-electron chi connectivity index (χ4n) is 2.42. The summed E-state index contributed by atoms with van der Waals surface area (Å²) in [5.41, 5.74) is 2.48. The number of carbonyl (C=O) groups excluding carboxylic acids is 3. The van der Waals surface area contributed by atoms with Crippen LogP contribution in [-0.2, 0) is 14.3 Å². The van der Waals surface area contributed by atoms with Gasteiger partial charge in [0.05, 0.1) is 13.2 Å². The van der Waals surface area contributed by atoms with Gasteiger partial charge in [-0.2, -0.15) is 0 Å².